The van der Waals surface area contributed by atoms with Crippen LogP contribution in [0.1, 0.15) is 41.2 Å². The highest BCUT2D eigenvalue weighted by molar-refractivity contribution is 9.10. The first-order chi connectivity index (χ1) is 16.1. The second kappa shape index (κ2) is 9.86. The molecule has 1 aromatic heterocycles. The number of anilines is 1. The van der Waals surface area contributed by atoms with Crippen LogP contribution in [-0.2, 0) is 21.5 Å². The molecule has 1 amide bonds. The van der Waals surface area contributed by atoms with Gasteiger partial charge in [-0.25, -0.2) is 4.68 Å². The van der Waals surface area contributed by atoms with Gasteiger partial charge in [0.05, 0.1) is 40.6 Å². The molecule has 3 aromatic rings. The molecule has 0 radical (unpaired) electrons. The van der Waals surface area contributed by atoms with Crippen LogP contribution < -0.4 is 9.62 Å². The van der Waals surface area contributed by atoms with Crippen molar-refractivity contribution in [2.24, 2.45) is 0 Å². The molecule has 2 N–H and O–H groups in total. The number of carbonyl (C=O) groups excluding carboxylic acids is 1. The maximum absolute atomic E-state index is 12.9. The SMILES string of the molecule is CNC(=O)c1c2cc(C3CC3)c(N(CCCS(=O)(=O)O)[S+](C)[O-])cc2nn1-c1ccc(Br)cc1. The third-order valence-electron chi connectivity index (χ3n) is 5.69. The zero-order valence-electron chi connectivity index (χ0n) is 18.7. The summed E-state index contributed by atoms with van der Waals surface area (Å²) in [6.45, 7) is 0.184. The lowest BCUT2D eigenvalue weighted by molar-refractivity contribution is 0.0957. The van der Waals surface area contributed by atoms with Gasteiger partial charge in [-0.2, -0.15) is 17.8 Å². The maximum Gasteiger partial charge on any atom is 0.270 e. The number of nitrogens with zero attached hydrogens (tertiary/aromatic N) is 3. The quantitative estimate of drug-likeness (QED) is 0.299. The van der Waals surface area contributed by atoms with Crippen LogP contribution in [-0.4, -0.2) is 58.8 Å². The fourth-order valence-corrected chi connectivity index (χ4v) is 5.54. The average molecular weight is 570 g/mol. The summed E-state index contributed by atoms with van der Waals surface area (Å²) in [5.41, 5.74) is 3.34. The van der Waals surface area contributed by atoms with E-state index in [1.165, 1.54) is 6.26 Å². The van der Waals surface area contributed by atoms with Gasteiger partial charge in [0.25, 0.3) is 16.0 Å². The molecule has 4 rings (SSSR count). The van der Waals surface area contributed by atoms with Crippen molar-refractivity contribution in [3.63, 3.8) is 0 Å². The number of halogens is 1. The molecule has 12 heteroatoms. The van der Waals surface area contributed by atoms with E-state index in [1.54, 1.807) is 16.0 Å². The smallest absolute Gasteiger partial charge is 0.270 e. The second-order valence-electron chi connectivity index (χ2n) is 8.18. The van der Waals surface area contributed by atoms with Crippen molar-refractivity contribution in [1.29, 1.82) is 0 Å². The minimum absolute atomic E-state index is 0.122. The van der Waals surface area contributed by atoms with Crippen molar-refractivity contribution in [2.75, 3.05) is 29.9 Å². The second-order valence-corrected chi connectivity index (χ2v) is 12.0. The molecule has 1 unspecified atom stereocenters. The molecule has 9 nitrogen and oxygen atoms in total. The Labute approximate surface area is 209 Å². The minimum Gasteiger partial charge on any atom is -0.593 e. The van der Waals surface area contributed by atoms with E-state index in [-0.39, 0.29) is 24.8 Å². The lowest BCUT2D eigenvalue weighted by Crippen LogP contribution is -2.32. The Morgan fingerprint density at radius 1 is 1.32 bits per heavy atom. The van der Waals surface area contributed by atoms with Crippen LogP contribution in [0.15, 0.2) is 40.9 Å². The highest BCUT2D eigenvalue weighted by Gasteiger charge is 2.32. The molecule has 2 aromatic carbocycles. The molecule has 0 saturated heterocycles. The largest absolute Gasteiger partial charge is 0.593 e. The predicted octanol–water partition coefficient (Wildman–Crippen LogP) is 3.40. The Morgan fingerprint density at radius 2 is 2.00 bits per heavy atom. The summed E-state index contributed by atoms with van der Waals surface area (Å²) >= 11 is 1.99. The van der Waals surface area contributed by atoms with Crippen molar-refractivity contribution in [3.05, 3.63) is 52.1 Å². The number of rotatable bonds is 9. The van der Waals surface area contributed by atoms with Gasteiger partial charge < -0.3 is 9.87 Å². The molecule has 0 aliphatic heterocycles. The van der Waals surface area contributed by atoms with Crippen LogP contribution in [0.4, 0.5) is 5.69 Å². The Bertz CT molecular complexity index is 1320. The van der Waals surface area contributed by atoms with Gasteiger partial charge in [0.1, 0.15) is 11.9 Å². The number of nitrogens with one attached hydrogen (secondary N) is 1. The van der Waals surface area contributed by atoms with Crippen LogP contribution in [0.5, 0.6) is 0 Å². The van der Waals surface area contributed by atoms with Gasteiger partial charge in [-0.15, -0.1) is 0 Å². The number of amides is 1. The van der Waals surface area contributed by atoms with E-state index in [4.69, 9.17) is 9.65 Å². The Balaban J connectivity index is 1.86. The molecule has 0 spiro atoms. The van der Waals surface area contributed by atoms with E-state index < -0.39 is 27.2 Å². The van der Waals surface area contributed by atoms with Crippen molar-refractivity contribution in [3.8, 4) is 5.69 Å². The molecule has 1 aliphatic carbocycles. The van der Waals surface area contributed by atoms with Crippen LogP contribution in [0, 0.1) is 0 Å². The van der Waals surface area contributed by atoms with Gasteiger partial charge in [-0.1, -0.05) is 15.9 Å². The lowest BCUT2D eigenvalue weighted by Gasteiger charge is -2.26. The molecular weight excluding hydrogens is 544 g/mol. The lowest BCUT2D eigenvalue weighted by atomic mass is 10.0. The summed E-state index contributed by atoms with van der Waals surface area (Å²) in [5.74, 6) is -0.426. The third kappa shape index (κ3) is 5.41. The maximum atomic E-state index is 12.9. The standard InChI is InChI=1S/C22H25BrN4O5S2/c1-24-22(28)21-18-12-17(14-4-5-14)20(26(33(2)29)10-3-11-34(30,31)32)13-19(18)25-27(21)16-8-6-15(23)7-9-16/h6-9,12-14H,3-5,10-11H2,1-2H3,(H,24,28)(H,30,31,32). The first-order valence-electron chi connectivity index (χ1n) is 10.7. The summed E-state index contributed by atoms with van der Waals surface area (Å²) < 4.78 is 48.2. The van der Waals surface area contributed by atoms with Crippen LogP contribution in [0.2, 0.25) is 0 Å². The highest BCUT2D eigenvalue weighted by Crippen LogP contribution is 2.46. The number of fused-ring (bicyclic) bond motifs is 1. The van der Waals surface area contributed by atoms with Crippen molar-refractivity contribution < 1.29 is 22.3 Å². The number of aromatic nitrogens is 2. The van der Waals surface area contributed by atoms with E-state index in [0.29, 0.717) is 22.3 Å². The fourth-order valence-electron chi connectivity index (χ4n) is 3.96. The summed E-state index contributed by atoms with van der Waals surface area (Å²) in [6.07, 6.45) is 3.61. The monoisotopic (exact) mass is 568 g/mol. The first-order valence-corrected chi connectivity index (χ1v) is 14.6. The van der Waals surface area contributed by atoms with Crippen molar-refractivity contribution in [2.45, 2.75) is 25.2 Å². The summed E-state index contributed by atoms with van der Waals surface area (Å²) in [5, 5.41) is 8.09. The molecular formula is C22H25BrN4O5S2. The number of hydrogen-bond acceptors (Lipinski definition) is 6. The van der Waals surface area contributed by atoms with Crippen LogP contribution in [0.3, 0.4) is 0 Å². The summed E-state index contributed by atoms with van der Waals surface area (Å²) in [6, 6.07) is 11.2. The normalized spacial score (nSPS) is 14.9. The molecule has 1 saturated carbocycles. The number of carbonyl (C=O) groups is 1. The van der Waals surface area contributed by atoms with Gasteiger partial charge in [0, 0.05) is 16.9 Å². The third-order valence-corrected chi connectivity index (χ3v) is 8.03. The van der Waals surface area contributed by atoms with E-state index in [1.807, 2.05) is 36.4 Å². The zero-order valence-corrected chi connectivity index (χ0v) is 21.9. The predicted molar refractivity (Wildman–Crippen MR) is 137 cm³/mol. The highest BCUT2D eigenvalue weighted by atomic mass is 79.9. The van der Waals surface area contributed by atoms with Crippen molar-refractivity contribution >= 4 is 59.9 Å². The minimum atomic E-state index is -4.11. The molecule has 1 aliphatic rings. The van der Waals surface area contributed by atoms with Gasteiger partial charge in [0.15, 0.2) is 0 Å². The average Bonchev–Trinajstić information content (AvgIpc) is 3.55. The summed E-state index contributed by atoms with van der Waals surface area (Å²) in [7, 11) is -2.54. The zero-order chi connectivity index (χ0) is 24.6. The van der Waals surface area contributed by atoms with E-state index in [9.17, 15) is 17.8 Å². The molecule has 34 heavy (non-hydrogen) atoms. The van der Waals surface area contributed by atoms with Crippen LogP contribution in [0.25, 0.3) is 16.6 Å². The van der Waals surface area contributed by atoms with Gasteiger partial charge in [-0.3, -0.25) is 9.35 Å². The Kier molecular flexibility index (Phi) is 7.25. The Morgan fingerprint density at radius 3 is 2.56 bits per heavy atom. The topological polar surface area (TPSA) is 128 Å². The molecule has 0 bridgehead atoms. The summed E-state index contributed by atoms with van der Waals surface area (Å²) in [4.78, 5) is 12.9. The van der Waals surface area contributed by atoms with Crippen molar-refractivity contribution in [1.82, 2.24) is 15.1 Å². The number of hydrogen-bond donors (Lipinski definition) is 2. The van der Waals surface area contributed by atoms with Crippen LogP contribution >= 0.6 is 15.9 Å². The van der Waals surface area contributed by atoms with Gasteiger partial charge in [0.2, 0.25) is 0 Å². The van der Waals surface area contributed by atoms with E-state index >= 15 is 0 Å². The number of benzene rings is 2. The Hall–Kier alpha value is -2.12. The molecule has 1 heterocycles. The molecule has 1 atom stereocenters. The molecule has 1 fully saturated rings. The van der Waals surface area contributed by atoms with E-state index in [0.717, 1.165) is 28.6 Å². The fraction of sp³-hybridized carbons (Fsp3) is 0.364. The van der Waals surface area contributed by atoms with Gasteiger partial charge in [-0.05, 0) is 67.1 Å². The van der Waals surface area contributed by atoms with E-state index in [2.05, 4.69) is 21.2 Å². The first kappa shape index (κ1) is 25.0. The van der Waals surface area contributed by atoms with Gasteiger partial charge >= 0.3 is 0 Å². The molecule has 182 valence electrons.